The van der Waals surface area contributed by atoms with Gasteiger partial charge in [-0.2, -0.15) is 13.9 Å². The second kappa shape index (κ2) is 9.63. The normalized spacial score (nSPS) is 27.7. The van der Waals surface area contributed by atoms with Crippen LogP contribution in [0.15, 0.2) is 52.2 Å². The number of H-pyrrole nitrogens is 1. The minimum atomic E-state index is -4.33. The third-order valence-electron chi connectivity index (χ3n) is 5.60. The third kappa shape index (κ3) is 5.21. The van der Waals surface area contributed by atoms with E-state index in [1.807, 2.05) is 4.98 Å². The number of carbonyl (C=O) groups is 1. The highest BCUT2D eigenvalue weighted by Crippen LogP contribution is 2.48. The van der Waals surface area contributed by atoms with Gasteiger partial charge in [0.1, 0.15) is 11.9 Å². The number of nitrogens with zero attached hydrogens (tertiary/aromatic N) is 2. The van der Waals surface area contributed by atoms with E-state index in [-0.39, 0.29) is 11.7 Å². The zero-order chi connectivity index (χ0) is 25.4. The molecule has 1 aromatic carbocycles. The van der Waals surface area contributed by atoms with Gasteiger partial charge in [0.2, 0.25) is 12.1 Å². The summed E-state index contributed by atoms with van der Waals surface area (Å²) in [6.45, 7) is -0.437. The number of hydrogen-bond acceptors (Lipinski definition) is 8. The van der Waals surface area contributed by atoms with Gasteiger partial charge in [-0.15, -0.1) is 0 Å². The van der Waals surface area contributed by atoms with Gasteiger partial charge in [-0.3, -0.25) is 23.7 Å². The van der Waals surface area contributed by atoms with Crippen molar-refractivity contribution in [3.8, 4) is 5.75 Å². The second-order valence-corrected chi connectivity index (χ2v) is 9.79. The number of para-hydroxylation sites is 1. The van der Waals surface area contributed by atoms with Gasteiger partial charge in [0, 0.05) is 25.9 Å². The number of aromatic amines is 1. The number of alkyl halides is 2. The maximum Gasteiger partial charge on any atom is 0.459 e. The van der Waals surface area contributed by atoms with Gasteiger partial charge in [-0.1, -0.05) is 18.2 Å². The van der Waals surface area contributed by atoms with Crippen LogP contribution in [0.5, 0.6) is 5.75 Å². The number of nitrogens with one attached hydrogen (secondary N) is 2. The maximum absolute atomic E-state index is 14.8. The Morgan fingerprint density at radius 2 is 1.97 bits per heavy atom. The van der Waals surface area contributed by atoms with Crippen LogP contribution in [0, 0.1) is 0 Å². The van der Waals surface area contributed by atoms with Gasteiger partial charge in [-0.05, 0) is 18.6 Å². The van der Waals surface area contributed by atoms with Crippen molar-refractivity contribution < 1.29 is 37.0 Å². The molecule has 0 radical (unpaired) electrons. The molecule has 3 N–H and O–H groups in total. The SMILES string of the molecule is CN1CCC(NP(=O)(OC[C@H]2O[C@@H](n3ccc(=O)[nH]c3=O)C(F)(F)[C@@H]2O)Oc2ccccc2)C1=O. The van der Waals surface area contributed by atoms with E-state index in [0.29, 0.717) is 17.5 Å². The number of carbonyl (C=O) groups excluding carboxylic acids is 1. The van der Waals surface area contributed by atoms with Gasteiger partial charge in [0.15, 0.2) is 6.10 Å². The first-order chi connectivity index (χ1) is 16.5. The highest BCUT2D eigenvalue weighted by Gasteiger charge is 2.60. The van der Waals surface area contributed by atoms with Crippen LogP contribution in [0.4, 0.5) is 8.78 Å². The molecular weight excluding hydrogens is 493 g/mol. The van der Waals surface area contributed by atoms with Crippen LogP contribution < -0.4 is 20.9 Å². The van der Waals surface area contributed by atoms with Crippen LogP contribution in [0.1, 0.15) is 12.6 Å². The highest BCUT2D eigenvalue weighted by molar-refractivity contribution is 7.52. The lowest BCUT2D eigenvalue weighted by molar-refractivity contribution is -0.141. The Morgan fingerprint density at radius 1 is 1.26 bits per heavy atom. The molecule has 5 atom stereocenters. The maximum atomic E-state index is 14.8. The Morgan fingerprint density at radius 3 is 2.60 bits per heavy atom. The average molecular weight is 516 g/mol. The number of aliphatic hydroxyl groups is 1. The summed E-state index contributed by atoms with van der Waals surface area (Å²) in [5.41, 5.74) is -1.97. The van der Waals surface area contributed by atoms with Crippen molar-refractivity contribution in [3.05, 3.63) is 63.4 Å². The summed E-state index contributed by atoms with van der Waals surface area (Å²) in [5.74, 6) is -4.19. The highest BCUT2D eigenvalue weighted by atomic mass is 31.2. The van der Waals surface area contributed by atoms with E-state index in [1.165, 1.54) is 17.0 Å². The number of amides is 1. The van der Waals surface area contributed by atoms with Crippen molar-refractivity contribution in [2.45, 2.75) is 36.8 Å². The van der Waals surface area contributed by atoms with Crippen LogP contribution >= 0.6 is 7.75 Å². The average Bonchev–Trinajstić information content (AvgIpc) is 3.23. The number of likely N-dealkylation sites (N-methyl/N-ethyl adjacent to an activating group) is 1. The molecule has 0 bridgehead atoms. The lowest BCUT2D eigenvalue weighted by Crippen LogP contribution is -2.43. The molecule has 2 saturated heterocycles. The predicted molar refractivity (Wildman–Crippen MR) is 116 cm³/mol. The summed E-state index contributed by atoms with van der Waals surface area (Å²) in [4.78, 5) is 38.8. The van der Waals surface area contributed by atoms with Crippen molar-refractivity contribution in [2.75, 3.05) is 20.2 Å². The van der Waals surface area contributed by atoms with E-state index < -0.39 is 56.0 Å². The Labute approximate surface area is 197 Å². The molecular formula is C20H23F2N4O8P. The Balaban J connectivity index is 1.53. The molecule has 0 saturated carbocycles. The molecule has 190 valence electrons. The molecule has 2 aliphatic rings. The van der Waals surface area contributed by atoms with E-state index in [4.69, 9.17) is 13.8 Å². The fraction of sp³-hybridized carbons (Fsp3) is 0.450. The molecule has 2 unspecified atom stereocenters. The van der Waals surface area contributed by atoms with Crippen molar-refractivity contribution in [1.29, 1.82) is 0 Å². The molecule has 1 amide bonds. The van der Waals surface area contributed by atoms with E-state index in [9.17, 15) is 32.8 Å². The zero-order valence-corrected chi connectivity index (χ0v) is 19.3. The number of benzene rings is 1. The molecule has 2 aliphatic heterocycles. The number of rotatable bonds is 8. The topological polar surface area (TPSA) is 152 Å². The second-order valence-electron chi connectivity index (χ2n) is 8.09. The fourth-order valence-electron chi connectivity index (χ4n) is 3.73. The fourth-order valence-corrected chi connectivity index (χ4v) is 5.28. The van der Waals surface area contributed by atoms with Crippen LogP contribution in [-0.2, 0) is 18.6 Å². The van der Waals surface area contributed by atoms with Crippen LogP contribution in [-0.4, -0.2) is 69.8 Å². The molecule has 1 aromatic heterocycles. The summed E-state index contributed by atoms with van der Waals surface area (Å²) in [5, 5.41) is 12.7. The summed E-state index contributed by atoms with van der Waals surface area (Å²) in [6.07, 6.45) is -5.33. The Hall–Kier alpha value is -2.90. The first-order valence-electron chi connectivity index (χ1n) is 10.5. The quantitative estimate of drug-likeness (QED) is 0.425. The van der Waals surface area contributed by atoms with Gasteiger partial charge in [0.25, 0.3) is 5.56 Å². The summed E-state index contributed by atoms with van der Waals surface area (Å²) >= 11 is 0. The van der Waals surface area contributed by atoms with Crippen LogP contribution in [0.3, 0.4) is 0 Å². The van der Waals surface area contributed by atoms with Crippen LogP contribution in [0.25, 0.3) is 0 Å². The number of likely N-dealkylation sites (tertiary alicyclic amines) is 1. The van der Waals surface area contributed by atoms with E-state index in [0.717, 1.165) is 12.3 Å². The van der Waals surface area contributed by atoms with E-state index in [1.54, 1.807) is 25.2 Å². The summed E-state index contributed by atoms with van der Waals surface area (Å²) in [6, 6.07) is 7.79. The summed E-state index contributed by atoms with van der Waals surface area (Å²) < 4.78 is 59.5. The molecule has 12 nitrogen and oxygen atoms in total. The number of aliphatic hydroxyl groups excluding tert-OH is 1. The van der Waals surface area contributed by atoms with Crippen molar-refractivity contribution in [2.24, 2.45) is 0 Å². The van der Waals surface area contributed by atoms with Crippen molar-refractivity contribution in [3.63, 3.8) is 0 Å². The van der Waals surface area contributed by atoms with Gasteiger partial charge in [0.05, 0.1) is 12.6 Å². The molecule has 0 aliphatic carbocycles. The summed E-state index contributed by atoms with van der Waals surface area (Å²) in [7, 11) is -2.77. The van der Waals surface area contributed by atoms with Gasteiger partial charge < -0.3 is 19.3 Å². The number of ether oxygens (including phenoxy) is 1. The zero-order valence-electron chi connectivity index (χ0n) is 18.4. The number of hydrogen-bond donors (Lipinski definition) is 3. The Bertz CT molecular complexity index is 1240. The molecule has 2 aromatic rings. The molecule has 3 heterocycles. The molecule has 35 heavy (non-hydrogen) atoms. The minimum Gasteiger partial charge on any atom is -0.413 e. The molecule has 4 rings (SSSR count). The van der Waals surface area contributed by atoms with E-state index >= 15 is 0 Å². The molecule has 15 heteroatoms. The third-order valence-corrected chi connectivity index (χ3v) is 7.17. The monoisotopic (exact) mass is 516 g/mol. The minimum absolute atomic E-state index is 0.123. The first kappa shape index (κ1) is 25.2. The lowest BCUT2D eigenvalue weighted by Gasteiger charge is -2.24. The number of aromatic nitrogens is 2. The smallest absolute Gasteiger partial charge is 0.413 e. The van der Waals surface area contributed by atoms with Crippen LogP contribution in [0.2, 0.25) is 0 Å². The van der Waals surface area contributed by atoms with Gasteiger partial charge in [-0.25, -0.2) is 9.36 Å². The Kier molecular flexibility index (Phi) is 6.93. The largest absolute Gasteiger partial charge is 0.459 e. The van der Waals surface area contributed by atoms with Crippen molar-refractivity contribution >= 4 is 13.7 Å². The molecule has 0 spiro atoms. The van der Waals surface area contributed by atoms with E-state index in [2.05, 4.69) is 5.09 Å². The lowest BCUT2D eigenvalue weighted by atomic mass is 10.1. The van der Waals surface area contributed by atoms with Gasteiger partial charge >= 0.3 is 19.4 Å². The predicted octanol–water partition coefficient (Wildman–Crippen LogP) is 0.454. The molecule has 2 fully saturated rings. The first-order valence-corrected chi connectivity index (χ1v) is 12.1. The number of halogens is 2. The standard InChI is InChI=1S/C20H23F2N4O8P/c1-25-9-7-13(17(25)29)24-35(31,34-12-5-3-2-4-6-12)32-11-14-16(28)20(21,22)18(33-14)26-10-8-15(27)23-19(26)30/h2-6,8,10,13-14,16,18,28H,7,9,11H2,1H3,(H,24,31)(H,23,27,30)/t13?,14-,16-,18-,35?/m1/s1. The van der Waals surface area contributed by atoms with Crippen molar-refractivity contribution in [1.82, 2.24) is 19.5 Å².